The van der Waals surface area contributed by atoms with Gasteiger partial charge in [0.05, 0.1) is 12.7 Å². The molecule has 1 fully saturated rings. The zero-order valence-electron chi connectivity index (χ0n) is 17.6. The summed E-state index contributed by atoms with van der Waals surface area (Å²) in [5.41, 5.74) is 2.31. The Balaban J connectivity index is 1.38. The first-order chi connectivity index (χ1) is 15.0. The highest BCUT2D eigenvalue weighted by molar-refractivity contribution is 5.89. The Morgan fingerprint density at radius 1 is 1.19 bits per heavy atom. The van der Waals surface area contributed by atoms with Crippen LogP contribution in [-0.2, 0) is 13.6 Å². The minimum Gasteiger partial charge on any atom is -0.497 e. The monoisotopic (exact) mass is 419 g/mol. The van der Waals surface area contributed by atoms with Gasteiger partial charge in [-0.05, 0) is 36.6 Å². The molecule has 1 aromatic carbocycles. The molecule has 8 heteroatoms. The fourth-order valence-corrected chi connectivity index (χ4v) is 4.81. The Morgan fingerprint density at radius 3 is 2.84 bits per heavy atom. The summed E-state index contributed by atoms with van der Waals surface area (Å²) in [4.78, 5) is 32.3. The fraction of sp³-hybridized carbons (Fsp3) is 0.348. The smallest absolute Gasteiger partial charge is 0.321 e. The van der Waals surface area contributed by atoms with Crippen molar-refractivity contribution in [2.24, 2.45) is 13.0 Å². The number of fused-ring (bicyclic) bond motifs is 4. The number of hydrogen-bond acceptors (Lipinski definition) is 4. The predicted octanol–water partition coefficient (Wildman–Crippen LogP) is 2.91. The van der Waals surface area contributed by atoms with E-state index in [2.05, 4.69) is 10.3 Å². The van der Waals surface area contributed by atoms with Crippen LogP contribution in [0.15, 0.2) is 53.6 Å². The van der Waals surface area contributed by atoms with Gasteiger partial charge in [-0.1, -0.05) is 6.07 Å². The van der Waals surface area contributed by atoms with Crippen molar-refractivity contribution in [1.82, 2.24) is 19.0 Å². The summed E-state index contributed by atoms with van der Waals surface area (Å²) in [6.45, 7) is 1.84. The number of urea groups is 1. The van der Waals surface area contributed by atoms with E-state index in [0.717, 1.165) is 12.1 Å². The van der Waals surface area contributed by atoms with Gasteiger partial charge in [-0.25, -0.2) is 9.78 Å². The number of aryl methyl sites for hydroxylation is 1. The molecule has 1 saturated heterocycles. The number of amides is 2. The Labute approximate surface area is 180 Å². The van der Waals surface area contributed by atoms with Gasteiger partial charge in [-0.2, -0.15) is 0 Å². The van der Waals surface area contributed by atoms with Crippen LogP contribution in [0.3, 0.4) is 0 Å². The van der Waals surface area contributed by atoms with E-state index in [1.165, 1.54) is 0 Å². The van der Waals surface area contributed by atoms with Crippen LogP contribution in [0, 0.1) is 5.92 Å². The van der Waals surface area contributed by atoms with Gasteiger partial charge >= 0.3 is 6.03 Å². The van der Waals surface area contributed by atoms with Gasteiger partial charge < -0.3 is 24.1 Å². The number of methoxy groups -OCH3 is 1. The Bertz CT molecular complexity index is 1200. The molecular weight excluding hydrogens is 394 g/mol. The first-order valence-electron chi connectivity index (χ1n) is 10.4. The maximum absolute atomic E-state index is 13.2. The lowest BCUT2D eigenvalue weighted by molar-refractivity contribution is 0.139. The van der Waals surface area contributed by atoms with Crippen molar-refractivity contribution in [2.45, 2.75) is 18.9 Å². The second-order valence-electron chi connectivity index (χ2n) is 8.32. The molecule has 31 heavy (non-hydrogen) atoms. The van der Waals surface area contributed by atoms with Crippen LogP contribution < -0.4 is 15.6 Å². The van der Waals surface area contributed by atoms with Crippen LogP contribution in [0.25, 0.3) is 11.4 Å². The molecule has 0 aliphatic carbocycles. The van der Waals surface area contributed by atoms with Crippen molar-refractivity contribution in [3.8, 4) is 17.1 Å². The molecule has 3 aromatic rings. The van der Waals surface area contributed by atoms with Crippen LogP contribution in [0.2, 0.25) is 0 Å². The number of benzene rings is 1. The lowest BCUT2D eigenvalue weighted by atomic mass is 9.83. The minimum absolute atomic E-state index is 0.00391. The number of ether oxygens (including phenoxy) is 1. The highest BCUT2D eigenvalue weighted by Crippen LogP contribution is 2.36. The van der Waals surface area contributed by atoms with E-state index in [1.54, 1.807) is 19.4 Å². The number of aromatic nitrogens is 3. The Morgan fingerprint density at radius 2 is 2.06 bits per heavy atom. The van der Waals surface area contributed by atoms with Crippen LogP contribution in [0.1, 0.15) is 18.0 Å². The number of rotatable bonds is 3. The van der Waals surface area contributed by atoms with Gasteiger partial charge in [0.1, 0.15) is 11.6 Å². The summed E-state index contributed by atoms with van der Waals surface area (Å²) < 4.78 is 8.98. The molecule has 8 nitrogen and oxygen atoms in total. The number of carbonyl (C=O) groups is 1. The summed E-state index contributed by atoms with van der Waals surface area (Å²) in [5, 5.41) is 2.97. The predicted molar refractivity (Wildman–Crippen MR) is 117 cm³/mol. The maximum Gasteiger partial charge on any atom is 0.321 e. The van der Waals surface area contributed by atoms with Crippen LogP contribution in [0.5, 0.6) is 5.75 Å². The molecule has 2 aliphatic heterocycles. The number of nitrogens with zero attached hydrogens (tertiary/aromatic N) is 4. The second-order valence-corrected chi connectivity index (χ2v) is 8.32. The molecule has 2 atom stereocenters. The maximum atomic E-state index is 13.2. The fourth-order valence-electron chi connectivity index (χ4n) is 4.81. The molecule has 2 aliphatic rings. The number of pyridine rings is 1. The van der Waals surface area contributed by atoms with Gasteiger partial charge in [0.2, 0.25) is 0 Å². The quantitative estimate of drug-likeness (QED) is 0.708. The molecule has 4 heterocycles. The average molecular weight is 419 g/mol. The van der Waals surface area contributed by atoms with Gasteiger partial charge in [0, 0.05) is 62.4 Å². The number of imidazole rings is 1. The lowest BCUT2D eigenvalue weighted by Crippen LogP contribution is -2.50. The minimum atomic E-state index is -0.122. The van der Waals surface area contributed by atoms with E-state index >= 15 is 0 Å². The van der Waals surface area contributed by atoms with E-state index < -0.39 is 0 Å². The number of likely N-dealkylation sites (tertiary alicyclic amines) is 1. The number of piperidine rings is 1. The highest BCUT2D eigenvalue weighted by atomic mass is 16.5. The summed E-state index contributed by atoms with van der Waals surface area (Å²) >= 11 is 0. The molecule has 2 amide bonds. The van der Waals surface area contributed by atoms with Crippen molar-refractivity contribution < 1.29 is 9.53 Å². The number of carbonyl (C=O) groups excluding carboxylic acids is 1. The topological polar surface area (TPSA) is 81.4 Å². The highest BCUT2D eigenvalue weighted by Gasteiger charge is 2.37. The first kappa shape index (κ1) is 19.4. The molecule has 2 bridgehead atoms. The second kappa shape index (κ2) is 7.61. The van der Waals surface area contributed by atoms with E-state index in [9.17, 15) is 9.59 Å². The molecule has 0 saturated carbocycles. The molecular formula is C23H25N5O3. The first-order valence-corrected chi connectivity index (χ1v) is 10.4. The summed E-state index contributed by atoms with van der Waals surface area (Å²) in [6, 6.07) is 11.1. The van der Waals surface area contributed by atoms with Gasteiger partial charge in [-0.3, -0.25) is 4.79 Å². The zero-order valence-corrected chi connectivity index (χ0v) is 17.6. The summed E-state index contributed by atoms with van der Waals surface area (Å²) in [7, 11) is 3.49. The van der Waals surface area contributed by atoms with Crippen molar-refractivity contribution in [3.63, 3.8) is 0 Å². The molecule has 0 spiro atoms. The van der Waals surface area contributed by atoms with Crippen molar-refractivity contribution >= 4 is 11.7 Å². The van der Waals surface area contributed by atoms with Crippen molar-refractivity contribution in [2.75, 3.05) is 25.5 Å². The molecule has 5 rings (SSSR count). The number of hydrogen-bond donors (Lipinski definition) is 1. The van der Waals surface area contributed by atoms with Crippen LogP contribution in [-0.4, -0.2) is 45.2 Å². The SMILES string of the molecule is COc1cccc(NC(=O)N2C[C@@H]3C[C@H](C2)c2ccc(-c4nccn4C)c(=O)n2C3)c1. The van der Waals surface area contributed by atoms with Crippen molar-refractivity contribution in [1.29, 1.82) is 0 Å². The molecule has 2 aromatic heterocycles. The average Bonchev–Trinajstić information content (AvgIpc) is 3.20. The van der Waals surface area contributed by atoms with Gasteiger partial charge in [-0.15, -0.1) is 0 Å². The summed E-state index contributed by atoms with van der Waals surface area (Å²) in [5.74, 6) is 1.77. The standard InChI is InChI=1S/C23H25N5O3/c1-26-9-8-24-21(26)19-6-7-20-16-10-15(13-28(20)22(19)29)12-27(14-16)23(30)25-17-4-3-5-18(11-17)31-2/h3-9,11,15-16H,10,12-14H2,1-2H3,(H,25,30)/t15-,16+/m0/s1. The van der Waals surface area contributed by atoms with Crippen molar-refractivity contribution in [3.05, 3.63) is 64.8 Å². The zero-order chi connectivity index (χ0) is 21.5. The number of nitrogens with one attached hydrogen (secondary N) is 1. The normalized spacial score (nSPS) is 19.6. The van der Waals surface area contributed by atoms with Gasteiger partial charge in [0.25, 0.3) is 5.56 Å². The van der Waals surface area contributed by atoms with Crippen LogP contribution in [0.4, 0.5) is 10.5 Å². The Hall–Kier alpha value is -3.55. The van der Waals surface area contributed by atoms with E-state index in [1.807, 2.05) is 57.6 Å². The molecule has 0 unspecified atom stereocenters. The van der Waals surface area contributed by atoms with E-state index in [0.29, 0.717) is 42.5 Å². The lowest BCUT2D eigenvalue weighted by Gasteiger charge is -2.42. The molecule has 1 N–H and O–H groups in total. The third kappa shape index (κ3) is 3.48. The number of anilines is 1. The molecule has 160 valence electrons. The van der Waals surface area contributed by atoms with E-state index in [-0.39, 0.29) is 23.4 Å². The Kier molecular flexibility index (Phi) is 4.77. The molecule has 0 radical (unpaired) electrons. The third-order valence-electron chi connectivity index (χ3n) is 6.27. The van der Waals surface area contributed by atoms with Crippen LogP contribution >= 0.6 is 0 Å². The van der Waals surface area contributed by atoms with Gasteiger partial charge in [0.15, 0.2) is 0 Å². The third-order valence-corrected chi connectivity index (χ3v) is 6.27. The van der Waals surface area contributed by atoms with E-state index in [4.69, 9.17) is 4.74 Å². The summed E-state index contributed by atoms with van der Waals surface area (Å²) in [6.07, 6.45) is 4.53. The largest absolute Gasteiger partial charge is 0.497 e.